The molecule has 1 rings (SSSR count). The van der Waals surface area contributed by atoms with E-state index in [1.54, 1.807) is 0 Å². The van der Waals surface area contributed by atoms with Gasteiger partial charge >= 0.3 is 0 Å². The second-order valence-electron chi connectivity index (χ2n) is 3.43. The highest BCUT2D eigenvalue weighted by Gasteiger charge is 2.44. The van der Waals surface area contributed by atoms with Gasteiger partial charge in [0.15, 0.2) is 0 Å². The highest BCUT2D eigenvalue weighted by molar-refractivity contribution is 5.85. The van der Waals surface area contributed by atoms with Crippen LogP contribution in [-0.4, -0.2) is 5.78 Å². The fraction of sp³-hybridized carbons (Fsp3) is 0.778. The monoisotopic (exact) mass is 151 g/mol. The van der Waals surface area contributed by atoms with Crippen molar-refractivity contribution in [2.24, 2.45) is 11.3 Å². The molecule has 0 heterocycles. The number of carbonyl (C=O) groups excluding carboxylic acids is 1. The van der Waals surface area contributed by atoms with Gasteiger partial charge in [0.2, 0.25) is 0 Å². The van der Waals surface area contributed by atoms with E-state index in [0.717, 1.165) is 19.3 Å². The first kappa shape index (κ1) is 8.26. The van der Waals surface area contributed by atoms with Crippen molar-refractivity contribution in [2.45, 2.75) is 33.1 Å². The summed E-state index contributed by atoms with van der Waals surface area (Å²) >= 11 is 0. The van der Waals surface area contributed by atoms with Crippen LogP contribution >= 0.6 is 0 Å². The first-order chi connectivity index (χ1) is 5.13. The Bertz CT molecular complexity index is 216. The Morgan fingerprint density at radius 1 is 1.73 bits per heavy atom. The van der Waals surface area contributed by atoms with Gasteiger partial charge in [0.1, 0.15) is 11.2 Å². The summed E-state index contributed by atoms with van der Waals surface area (Å²) in [6.07, 6.45) is 2.81. The summed E-state index contributed by atoms with van der Waals surface area (Å²) in [5.74, 6) is 0.301. The maximum Gasteiger partial charge on any atom is 0.150 e. The number of nitriles is 1. The zero-order valence-electron chi connectivity index (χ0n) is 7.05. The van der Waals surface area contributed by atoms with E-state index in [1.165, 1.54) is 6.92 Å². The fourth-order valence-corrected chi connectivity index (χ4v) is 1.95. The lowest BCUT2D eigenvalue weighted by molar-refractivity contribution is -0.125. The molecule has 60 valence electrons. The molecular formula is C9H13NO. The Hall–Kier alpha value is -0.840. The number of carbonyl (C=O) groups is 1. The third-order valence-corrected chi connectivity index (χ3v) is 2.88. The molecule has 2 atom stereocenters. The van der Waals surface area contributed by atoms with Gasteiger partial charge in [-0.25, -0.2) is 0 Å². The van der Waals surface area contributed by atoms with Crippen LogP contribution in [0.2, 0.25) is 0 Å². The third-order valence-electron chi connectivity index (χ3n) is 2.88. The highest BCUT2D eigenvalue weighted by Crippen LogP contribution is 2.43. The lowest BCUT2D eigenvalue weighted by atomic mass is 9.77. The van der Waals surface area contributed by atoms with Crippen LogP contribution in [-0.2, 0) is 4.79 Å². The van der Waals surface area contributed by atoms with Gasteiger partial charge in [0.25, 0.3) is 0 Å². The van der Waals surface area contributed by atoms with Crippen molar-refractivity contribution in [2.75, 3.05) is 0 Å². The minimum atomic E-state index is -0.639. The molecule has 0 aromatic heterocycles. The smallest absolute Gasteiger partial charge is 0.150 e. The van der Waals surface area contributed by atoms with E-state index in [0.29, 0.717) is 0 Å². The summed E-state index contributed by atoms with van der Waals surface area (Å²) in [5, 5.41) is 8.89. The standard InChI is InChI=1S/C9H13NO/c1-7-4-3-5-9(7,6-10)8(2)11/h7H,3-5H2,1-2H3/t7-,9+/m0/s1. The van der Waals surface area contributed by atoms with Crippen LogP contribution in [0.1, 0.15) is 33.1 Å². The number of Topliss-reactive ketones (excluding diaryl/α,β-unsaturated/α-hetero) is 1. The molecule has 0 amide bonds. The summed E-state index contributed by atoms with van der Waals surface area (Å²) in [7, 11) is 0. The number of hydrogen-bond acceptors (Lipinski definition) is 2. The molecule has 1 fully saturated rings. The van der Waals surface area contributed by atoms with E-state index < -0.39 is 5.41 Å². The van der Waals surface area contributed by atoms with Gasteiger partial charge in [0.05, 0.1) is 6.07 Å². The molecule has 0 radical (unpaired) electrons. The second kappa shape index (κ2) is 2.65. The fourth-order valence-electron chi connectivity index (χ4n) is 1.95. The summed E-state index contributed by atoms with van der Waals surface area (Å²) in [5.41, 5.74) is -0.639. The lowest BCUT2D eigenvalue weighted by Gasteiger charge is -2.21. The zero-order chi connectivity index (χ0) is 8.48. The first-order valence-electron chi connectivity index (χ1n) is 4.06. The van der Waals surface area contributed by atoms with Crippen molar-refractivity contribution in [1.29, 1.82) is 5.26 Å². The van der Waals surface area contributed by atoms with Gasteiger partial charge in [-0.15, -0.1) is 0 Å². The van der Waals surface area contributed by atoms with Crippen LogP contribution in [0.15, 0.2) is 0 Å². The molecule has 1 saturated carbocycles. The number of rotatable bonds is 1. The van der Waals surface area contributed by atoms with Crippen molar-refractivity contribution in [3.63, 3.8) is 0 Å². The van der Waals surface area contributed by atoms with Crippen LogP contribution in [0.3, 0.4) is 0 Å². The lowest BCUT2D eigenvalue weighted by Crippen LogP contribution is -2.29. The molecule has 2 heteroatoms. The highest BCUT2D eigenvalue weighted by atomic mass is 16.1. The topological polar surface area (TPSA) is 40.9 Å². The molecule has 0 unspecified atom stereocenters. The van der Waals surface area contributed by atoms with Crippen molar-refractivity contribution in [1.82, 2.24) is 0 Å². The van der Waals surface area contributed by atoms with E-state index in [9.17, 15) is 4.79 Å². The van der Waals surface area contributed by atoms with E-state index in [2.05, 4.69) is 6.07 Å². The van der Waals surface area contributed by atoms with Gasteiger partial charge in [-0.2, -0.15) is 5.26 Å². The van der Waals surface area contributed by atoms with Gasteiger partial charge in [0, 0.05) is 0 Å². The van der Waals surface area contributed by atoms with Crippen LogP contribution in [0, 0.1) is 22.7 Å². The Labute approximate surface area is 67.2 Å². The quantitative estimate of drug-likeness (QED) is 0.574. The van der Waals surface area contributed by atoms with E-state index in [4.69, 9.17) is 5.26 Å². The first-order valence-corrected chi connectivity index (χ1v) is 4.06. The van der Waals surface area contributed by atoms with Gasteiger partial charge in [-0.1, -0.05) is 13.3 Å². The third kappa shape index (κ3) is 1.05. The van der Waals surface area contributed by atoms with Crippen molar-refractivity contribution in [3.05, 3.63) is 0 Å². The second-order valence-corrected chi connectivity index (χ2v) is 3.43. The summed E-state index contributed by atoms with van der Waals surface area (Å²) < 4.78 is 0. The number of ketones is 1. The molecule has 1 aliphatic rings. The Morgan fingerprint density at radius 2 is 2.36 bits per heavy atom. The molecule has 1 aliphatic carbocycles. The van der Waals surface area contributed by atoms with Crippen LogP contribution < -0.4 is 0 Å². The molecule has 0 saturated heterocycles. The predicted octanol–water partition coefficient (Wildman–Crippen LogP) is 1.91. The van der Waals surface area contributed by atoms with Crippen LogP contribution in [0.5, 0.6) is 0 Å². The minimum absolute atomic E-state index is 0.0463. The molecular weight excluding hydrogens is 138 g/mol. The summed E-state index contributed by atoms with van der Waals surface area (Å²) in [6, 6.07) is 2.18. The summed E-state index contributed by atoms with van der Waals surface area (Å²) in [4.78, 5) is 11.2. The Morgan fingerprint density at radius 3 is 2.55 bits per heavy atom. The van der Waals surface area contributed by atoms with Crippen molar-refractivity contribution >= 4 is 5.78 Å². The molecule has 0 aliphatic heterocycles. The van der Waals surface area contributed by atoms with Gasteiger partial charge < -0.3 is 0 Å². The average molecular weight is 151 g/mol. The van der Waals surface area contributed by atoms with Crippen molar-refractivity contribution < 1.29 is 4.79 Å². The molecule has 0 aromatic rings. The molecule has 0 N–H and O–H groups in total. The van der Waals surface area contributed by atoms with Crippen LogP contribution in [0.25, 0.3) is 0 Å². The summed E-state index contributed by atoms with van der Waals surface area (Å²) in [6.45, 7) is 3.53. The minimum Gasteiger partial charge on any atom is -0.298 e. The molecule has 0 spiro atoms. The number of hydrogen-bond donors (Lipinski definition) is 0. The molecule has 11 heavy (non-hydrogen) atoms. The SMILES string of the molecule is CC(=O)[C@@]1(C#N)CCC[C@@H]1C. The van der Waals surface area contributed by atoms with E-state index >= 15 is 0 Å². The largest absolute Gasteiger partial charge is 0.298 e. The van der Waals surface area contributed by atoms with Crippen LogP contribution in [0.4, 0.5) is 0 Å². The Balaban J connectivity index is 2.93. The predicted molar refractivity (Wildman–Crippen MR) is 41.7 cm³/mol. The molecule has 0 bridgehead atoms. The molecule has 2 nitrogen and oxygen atoms in total. The van der Waals surface area contributed by atoms with E-state index in [1.807, 2.05) is 6.92 Å². The average Bonchev–Trinajstić information content (AvgIpc) is 2.32. The molecule has 0 aromatic carbocycles. The van der Waals surface area contributed by atoms with E-state index in [-0.39, 0.29) is 11.7 Å². The van der Waals surface area contributed by atoms with Crippen molar-refractivity contribution in [3.8, 4) is 6.07 Å². The zero-order valence-corrected chi connectivity index (χ0v) is 7.05. The number of nitrogens with zero attached hydrogens (tertiary/aromatic N) is 1. The maximum absolute atomic E-state index is 11.2. The Kier molecular flexibility index (Phi) is 1.99. The normalized spacial score (nSPS) is 36.6. The van der Waals surface area contributed by atoms with Gasteiger partial charge in [-0.05, 0) is 25.7 Å². The maximum atomic E-state index is 11.2. The van der Waals surface area contributed by atoms with Gasteiger partial charge in [-0.3, -0.25) is 4.79 Å².